The molecule has 7 heteroatoms. The number of ether oxygens (including phenoxy) is 2. The van der Waals surface area contributed by atoms with Crippen LogP contribution in [0.2, 0.25) is 0 Å². The third-order valence-electron chi connectivity index (χ3n) is 1.63. The van der Waals surface area contributed by atoms with Crippen molar-refractivity contribution in [3.63, 3.8) is 0 Å². The molecule has 86 valence electrons. The lowest BCUT2D eigenvalue weighted by molar-refractivity contribution is -0.233. The first-order valence-corrected chi connectivity index (χ1v) is 4.04. The van der Waals surface area contributed by atoms with Crippen molar-refractivity contribution in [3.8, 4) is 0 Å². The second kappa shape index (κ2) is 5.30. The Hall–Kier alpha value is -1.63. The van der Waals surface area contributed by atoms with Crippen LogP contribution in [0.3, 0.4) is 0 Å². The lowest BCUT2D eigenvalue weighted by Gasteiger charge is -2.26. The Bertz CT molecular complexity index is 272. The van der Waals surface area contributed by atoms with Gasteiger partial charge in [-0.05, 0) is 0 Å². The highest BCUT2D eigenvalue weighted by Crippen LogP contribution is 2.20. The molecule has 0 fully saturated rings. The molecule has 0 aromatic rings. The largest absolute Gasteiger partial charge is 0.481 e. The molecule has 1 unspecified atom stereocenters. The SMILES string of the molecule is COC(CCC(=O)O)(OC(C)=O)C(=O)O. The number of carbonyl (C=O) groups is 3. The summed E-state index contributed by atoms with van der Waals surface area (Å²) in [4.78, 5) is 31.7. The molecule has 0 aromatic carbocycles. The molecule has 0 spiro atoms. The van der Waals surface area contributed by atoms with Gasteiger partial charge in [0.1, 0.15) is 0 Å². The van der Waals surface area contributed by atoms with Crippen molar-refractivity contribution in [2.45, 2.75) is 25.6 Å². The van der Waals surface area contributed by atoms with Crippen molar-refractivity contribution < 1.29 is 34.1 Å². The normalized spacial score (nSPS) is 14.0. The maximum atomic E-state index is 10.8. The van der Waals surface area contributed by atoms with E-state index in [1.54, 1.807) is 0 Å². The third kappa shape index (κ3) is 3.94. The van der Waals surface area contributed by atoms with Gasteiger partial charge in [0.25, 0.3) is 0 Å². The van der Waals surface area contributed by atoms with Crippen LogP contribution in [0.15, 0.2) is 0 Å². The van der Waals surface area contributed by atoms with E-state index in [9.17, 15) is 14.4 Å². The molecule has 0 aromatic heterocycles. The summed E-state index contributed by atoms with van der Waals surface area (Å²) in [6.07, 6.45) is -0.929. The topological polar surface area (TPSA) is 110 Å². The molecule has 0 saturated carbocycles. The lowest BCUT2D eigenvalue weighted by atomic mass is 10.1. The zero-order valence-electron chi connectivity index (χ0n) is 8.35. The van der Waals surface area contributed by atoms with Gasteiger partial charge in [0.05, 0.1) is 6.42 Å². The molecule has 15 heavy (non-hydrogen) atoms. The van der Waals surface area contributed by atoms with Gasteiger partial charge in [-0.25, -0.2) is 4.79 Å². The monoisotopic (exact) mass is 220 g/mol. The predicted molar refractivity (Wildman–Crippen MR) is 46.0 cm³/mol. The molecule has 7 nitrogen and oxygen atoms in total. The standard InChI is InChI=1S/C8H12O7/c1-5(9)15-8(14-2,7(12)13)4-3-6(10)11/h3-4H2,1-2H3,(H,10,11)(H,12,13). The quantitative estimate of drug-likeness (QED) is 0.472. The highest BCUT2D eigenvalue weighted by molar-refractivity contribution is 5.80. The van der Waals surface area contributed by atoms with Crippen molar-refractivity contribution in [2.75, 3.05) is 7.11 Å². The Balaban J connectivity index is 4.72. The van der Waals surface area contributed by atoms with Crippen LogP contribution < -0.4 is 0 Å². The fraction of sp³-hybridized carbons (Fsp3) is 0.625. The zero-order valence-corrected chi connectivity index (χ0v) is 8.35. The fourth-order valence-electron chi connectivity index (χ4n) is 0.936. The van der Waals surface area contributed by atoms with Crippen LogP contribution in [0, 0.1) is 0 Å². The molecule has 1 atom stereocenters. The van der Waals surface area contributed by atoms with E-state index in [0.717, 1.165) is 14.0 Å². The van der Waals surface area contributed by atoms with Gasteiger partial charge in [0, 0.05) is 20.5 Å². The summed E-state index contributed by atoms with van der Waals surface area (Å²) in [6, 6.07) is 0. The Morgan fingerprint density at radius 3 is 2.07 bits per heavy atom. The molecule has 0 aliphatic carbocycles. The molecule has 2 N–H and O–H groups in total. The maximum Gasteiger partial charge on any atom is 0.377 e. The van der Waals surface area contributed by atoms with Gasteiger partial charge >= 0.3 is 23.7 Å². The minimum Gasteiger partial charge on any atom is -0.481 e. The summed E-state index contributed by atoms with van der Waals surface area (Å²) in [5.41, 5.74) is 0. The van der Waals surface area contributed by atoms with E-state index < -0.39 is 36.5 Å². The highest BCUT2D eigenvalue weighted by Gasteiger charge is 2.42. The summed E-state index contributed by atoms with van der Waals surface area (Å²) in [6.45, 7) is 1.01. The van der Waals surface area contributed by atoms with Crippen LogP contribution in [0.1, 0.15) is 19.8 Å². The van der Waals surface area contributed by atoms with Crippen molar-refractivity contribution in [1.82, 2.24) is 0 Å². The Morgan fingerprint density at radius 1 is 1.27 bits per heavy atom. The summed E-state index contributed by atoms with van der Waals surface area (Å²) < 4.78 is 9.03. The Labute approximate surface area is 85.6 Å². The number of hydrogen-bond acceptors (Lipinski definition) is 5. The van der Waals surface area contributed by atoms with E-state index in [2.05, 4.69) is 9.47 Å². The number of aliphatic carboxylic acids is 2. The van der Waals surface area contributed by atoms with Crippen LogP contribution in [0.5, 0.6) is 0 Å². The second-order valence-electron chi connectivity index (χ2n) is 2.75. The second-order valence-corrected chi connectivity index (χ2v) is 2.75. The first kappa shape index (κ1) is 13.4. The molecule has 0 amide bonds. The number of carbonyl (C=O) groups excluding carboxylic acids is 1. The van der Waals surface area contributed by atoms with Crippen molar-refractivity contribution >= 4 is 17.9 Å². The minimum absolute atomic E-state index is 0.451. The number of rotatable bonds is 6. The molecular weight excluding hydrogens is 208 g/mol. The number of carboxylic acids is 2. The van der Waals surface area contributed by atoms with Crippen molar-refractivity contribution in [3.05, 3.63) is 0 Å². The molecular formula is C8H12O7. The van der Waals surface area contributed by atoms with E-state index >= 15 is 0 Å². The van der Waals surface area contributed by atoms with Gasteiger partial charge in [-0.1, -0.05) is 0 Å². The van der Waals surface area contributed by atoms with Gasteiger partial charge in [-0.15, -0.1) is 0 Å². The Kier molecular flexibility index (Phi) is 4.72. The average Bonchev–Trinajstić information content (AvgIpc) is 2.11. The molecule has 0 aliphatic heterocycles. The number of carboxylic acid groups (broad SMARTS) is 2. The lowest BCUT2D eigenvalue weighted by Crippen LogP contribution is -2.45. The van der Waals surface area contributed by atoms with Crippen LogP contribution in [-0.4, -0.2) is 41.0 Å². The zero-order chi connectivity index (χ0) is 12.1. The predicted octanol–water partition coefficient (Wildman–Crippen LogP) is -0.158. The minimum atomic E-state index is -2.22. The van der Waals surface area contributed by atoms with Gasteiger partial charge in [0.15, 0.2) is 0 Å². The summed E-state index contributed by atoms with van der Waals surface area (Å²) >= 11 is 0. The van der Waals surface area contributed by atoms with E-state index in [-0.39, 0.29) is 0 Å². The molecule has 0 radical (unpaired) electrons. The van der Waals surface area contributed by atoms with Gasteiger partial charge in [0.2, 0.25) is 0 Å². The van der Waals surface area contributed by atoms with Crippen LogP contribution >= 0.6 is 0 Å². The van der Waals surface area contributed by atoms with Crippen LogP contribution in [0.4, 0.5) is 0 Å². The van der Waals surface area contributed by atoms with E-state index in [4.69, 9.17) is 10.2 Å². The Morgan fingerprint density at radius 2 is 1.80 bits per heavy atom. The molecule has 0 bridgehead atoms. The fourth-order valence-corrected chi connectivity index (χ4v) is 0.936. The summed E-state index contributed by atoms with van der Waals surface area (Å²) in [5.74, 6) is -5.82. The molecule has 0 saturated heterocycles. The van der Waals surface area contributed by atoms with Crippen LogP contribution in [-0.2, 0) is 23.9 Å². The van der Waals surface area contributed by atoms with Gasteiger partial charge < -0.3 is 19.7 Å². The van der Waals surface area contributed by atoms with Gasteiger partial charge in [-0.3, -0.25) is 9.59 Å². The summed E-state index contributed by atoms with van der Waals surface area (Å²) in [7, 11) is 1.03. The first-order chi connectivity index (χ1) is 6.84. The number of methoxy groups -OCH3 is 1. The smallest absolute Gasteiger partial charge is 0.377 e. The van der Waals surface area contributed by atoms with Gasteiger partial charge in [-0.2, -0.15) is 0 Å². The van der Waals surface area contributed by atoms with E-state index in [0.29, 0.717) is 0 Å². The van der Waals surface area contributed by atoms with E-state index in [1.807, 2.05) is 0 Å². The molecule has 0 heterocycles. The summed E-state index contributed by atoms with van der Waals surface area (Å²) in [5, 5.41) is 17.2. The number of hydrogen-bond donors (Lipinski definition) is 2. The first-order valence-electron chi connectivity index (χ1n) is 4.04. The third-order valence-corrected chi connectivity index (χ3v) is 1.63. The van der Waals surface area contributed by atoms with E-state index in [1.165, 1.54) is 0 Å². The van der Waals surface area contributed by atoms with Crippen molar-refractivity contribution in [1.29, 1.82) is 0 Å². The highest BCUT2D eigenvalue weighted by atomic mass is 16.7. The number of esters is 1. The molecule has 0 aliphatic rings. The van der Waals surface area contributed by atoms with Crippen LogP contribution in [0.25, 0.3) is 0 Å². The molecule has 0 rings (SSSR count). The average molecular weight is 220 g/mol. The van der Waals surface area contributed by atoms with Crippen molar-refractivity contribution in [2.24, 2.45) is 0 Å². The maximum absolute atomic E-state index is 10.8.